The molecule has 3 rings (SSSR count). The Balaban J connectivity index is 1.77. The number of nitrogens with zero attached hydrogens (tertiary/aromatic N) is 3. The van der Waals surface area contributed by atoms with Gasteiger partial charge in [0.05, 0.1) is 15.7 Å². The molecule has 0 atom stereocenters. The molecule has 0 aromatic carbocycles. The molecule has 1 amide bonds. The van der Waals surface area contributed by atoms with E-state index in [0.29, 0.717) is 12.4 Å². The number of amides is 1. The first-order valence-corrected chi connectivity index (χ1v) is 11.5. The SMILES string of the molecule is CCCCc1nc2c(N)nc3cc(C)sc3c2n1CCCCNC(=O)OC(C)(C)C. The summed E-state index contributed by atoms with van der Waals surface area (Å²) in [7, 11) is 0. The Hall–Kier alpha value is -2.35. The van der Waals surface area contributed by atoms with Gasteiger partial charge in [0, 0.05) is 24.4 Å². The number of aromatic nitrogens is 3. The van der Waals surface area contributed by atoms with E-state index in [9.17, 15) is 4.79 Å². The Morgan fingerprint density at radius 1 is 1.27 bits per heavy atom. The number of alkyl carbamates (subject to hydrolysis) is 1. The molecular weight excluding hydrogens is 398 g/mol. The number of imidazole rings is 1. The number of anilines is 1. The van der Waals surface area contributed by atoms with Crippen molar-refractivity contribution in [1.82, 2.24) is 19.9 Å². The summed E-state index contributed by atoms with van der Waals surface area (Å²) in [4.78, 5) is 22.5. The minimum absolute atomic E-state index is 0.367. The third-order valence-electron chi connectivity index (χ3n) is 4.81. The average molecular weight is 432 g/mol. The monoisotopic (exact) mass is 431 g/mol. The average Bonchev–Trinajstić information content (AvgIpc) is 3.18. The van der Waals surface area contributed by atoms with Gasteiger partial charge in [-0.05, 0) is 53.0 Å². The summed E-state index contributed by atoms with van der Waals surface area (Å²) < 4.78 is 8.76. The molecule has 0 aliphatic carbocycles. The molecule has 7 nitrogen and oxygen atoms in total. The van der Waals surface area contributed by atoms with E-state index in [2.05, 4.69) is 34.8 Å². The molecule has 0 bridgehead atoms. The number of ether oxygens (including phenoxy) is 1. The van der Waals surface area contributed by atoms with Crippen LogP contribution in [0.15, 0.2) is 6.07 Å². The fourth-order valence-corrected chi connectivity index (χ4v) is 4.52. The maximum Gasteiger partial charge on any atom is 0.407 e. The van der Waals surface area contributed by atoms with Gasteiger partial charge in [-0.1, -0.05) is 13.3 Å². The molecule has 8 heteroatoms. The van der Waals surface area contributed by atoms with Gasteiger partial charge in [0.2, 0.25) is 0 Å². The van der Waals surface area contributed by atoms with Gasteiger partial charge in [0.25, 0.3) is 0 Å². The Morgan fingerprint density at radius 3 is 2.73 bits per heavy atom. The molecule has 0 unspecified atom stereocenters. The van der Waals surface area contributed by atoms with Gasteiger partial charge >= 0.3 is 6.09 Å². The highest BCUT2D eigenvalue weighted by atomic mass is 32.1. The van der Waals surface area contributed by atoms with Gasteiger partial charge in [-0.3, -0.25) is 0 Å². The van der Waals surface area contributed by atoms with Crippen LogP contribution in [0.1, 0.15) is 64.1 Å². The maximum atomic E-state index is 11.8. The van der Waals surface area contributed by atoms with E-state index in [-0.39, 0.29) is 6.09 Å². The fraction of sp³-hybridized carbons (Fsp3) is 0.591. The van der Waals surface area contributed by atoms with Crippen LogP contribution in [0.2, 0.25) is 0 Å². The molecule has 164 valence electrons. The van der Waals surface area contributed by atoms with Crippen LogP contribution in [0, 0.1) is 6.92 Å². The first-order valence-electron chi connectivity index (χ1n) is 10.7. The largest absolute Gasteiger partial charge is 0.444 e. The number of fused-ring (bicyclic) bond motifs is 3. The smallest absolute Gasteiger partial charge is 0.407 e. The van der Waals surface area contributed by atoms with Gasteiger partial charge < -0.3 is 20.4 Å². The number of nitrogens with one attached hydrogen (secondary N) is 1. The summed E-state index contributed by atoms with van der Waals surface area (Å²) in [6.45, 7) is 11.3. The lowest BCUT2D eigenvalue weighted by atomic mass is 10.2. The number of aryl methyl sites for hydroxylation is 3. The number of hydrogen-bond donors (Lipinski definition) is 2. The van der Waals surface area contributed by atoms with Crippen molar-refractivity contribution in [3.05, 3.63) is 16.8 Å². The van der Waals surface area contributed by atoms with Crippen LogP contribution in [0.5, 0.6) is 0 Å². The molecular formula is C22H33N5O2S. The van der Waals surface area contributed by atoms with Crippen molar-refractivity contribution in [2.24, 2.45) is 0 Å². The van der Waals surface area contributed by atoms with Crippen LogP contribution in [0.25, 0.3) is 21.3 Å². The normalized spacial score (nSPS) is 12.0. The van der Waals surface area contributed by atoms with E-state index >= 15 is 0 Å². The van der Waals surface area contributed by atoms with Gasteiger partial charge in [-0.15, -0.1) is 11.3 Å². The Labute approximate surface area is 182 Å². The molecule has 0 fully saturated rings. The van der Waals surface area contributed by atoms with Crippen LogP contribution in [-0.2, 0) is 17.7 Å². The number of nitrogens with two attached hydrogens (primary N) is 1. The third-order valence-corrected chi connectivity index (χ3v) is 5.86. The van der Waals surface area contributed by atoms with E-state index in [1.54, 1.807) is 11.3 Å². The lowest BCUT2D eigenvalue weighted by Gasteiger charge is -2.19. The van der Waals surface area contributed by atoms with Gasteiger partial charge in [-0.2, -0.15) is 0 Å². The Kier molecular flexibility index (Phi) is 6.85. The van der Waals surface area contributed by atoms with Crippen LogP contribution in [0.4, 0.5) is 10.6 Å². The second-order valence-electron chi connectivity index (χ2n) is 8.68. The highest BCUT2D eigenvalue weighted by molar-refractivity contribution is 7.19. The van der Waals surface area contributed by atoms with E-state index in [0.717, 1.165) is 65.7 Å². The number of carbonyl (C=O) groups excluding carboxylic acids is 1. The van der Waals surface area contributed by atoms with E-state index < -0.39 is 5.60 Å². The Morgan fingerprint density at radius 2 is 2.03 bits per heavy atom. The number of unbranched alkanes of at least 4 members (excludes halogenated alkanes) is 2. The summed E-state index contributed by atoms with van der Waals surface area (Å²) in [6.07, 6.45) is 4.54. The van der Waals surface area contributed by atoms with Crippen LogP contribution in [-0.4, -0.2) is 32.8 Å². The Bertz CT molecular complexity index is 1030. The minimum atomic E-state index is -0.480. The van der Waals surface area contributed by atoms with Crippen molar-refractivity contribution >= 4 is 44.5 Å². The predicted octanol–water partition coefficient (Wildman–Crippen LogP) is 5.18. The van der Waals surface area contributed by atoms with E-state index in [1.165, 1.54) is 4.88 Å². The number of nitrogen functional groups attached to an aromatic ring is 1. The maximum absolute atomic E-state index is 11.8. The predicted molar refractivity (Wildman–Crippen MR) is 124 cm³/mol. The number of pyridine rings is 1. The minimum Gasteiger partial charge on any atom is -0.444 e. The van der Waals surface area contributed by atoms with Crippen molar-refractivity contribution in [1.29, 1.82) is 0 Å². The highest BCUT2D eigenvalue weighted by Crippen LogP contribution is 2.34. The van der Waals surface area contributed by atoms with Crippen molar-refractivity contribution in [3.63, 3.8) is 0 Å². The van der Waals surface area contributed by atoms with Crippen LogP contribution < -0.4 is 11.1 Å². The molecule has 3 heterocycles. The molecule has 3 N–H and O–H groups in total. The molecule has 0 radical (unpaired) electrons. The van der Waals surface area contributed by atoms with Crippen molar-refractivity contribution in [2.45, 2.75) is 78.9 Å². The van der Waals surface area contributed by atoms with Crippen molar-refractivity contribution < 1.29 is 9.53 Å². The van der Waals surface area contributed by atoms with Gasteiger partial charge in [-0.25, -0.2) is 14.8 Å². The van der Waals surface area contributed by atoms with Crippen molar-refractivity contribution in [3.8, 4) is 0 Å². The van der Waals surface area contributed by atoms with Crippen LogP contribution in [0.3, 0.4) is 0 Å². The standard InChI is InChI=1S/C22H33N5O2S/c1-6-7-10-16-26-17-18(19-15(25-20(17)23)13-14(2)30-19)27(16)12-9-8-11-24-21(28)29-22(3,4)5/h13H,6-12H2,1-5H3,(H2,23,25)(H,24,28). The number of hydrogen-bond acceptors (Lipinski definition) is 6. The number of rotatable bonds is 8. The third kappa shape index (κ3) is 5.22. The fourth-order valence-electron chi connectivity index (χ4n) is 3.51. The molecule has 0 aliphatic rings. The molecule has 0 saturated carbocycles. The second kappa shape index (κ2) is 9.20. The second-order valence-corrected chi connectivity index (χ2v) is 9.94. The first kappa shape index (κ1) is 22.3. The lowest BCUT2D eigenvalue weighted by Crippen LogP contribution is -2.33. The molecule has 0 spiro atoms. The number of carbonyl (C=O) groups is 1. The summed E-state index contributed by atoms with van der Waals surface area (Å²) >= 11 is 1.74. The topological polar surface area (TPSA) is 95.1 Å². The van der Waals surface area contributed by atoms with Gasteiger partial charge in [0.1, 0.15) is 16.9 Å². The lowest BCUT2D eigenvalue weighted by molar-refractivity contribution is 0.0527. The zero-order valence-electron chi connectivity index (χ0n) is 18.7. The molecule has 30 heavy (non-hydrogen) atoms. The molecule has 0 saturated heterocycles. The molecule has 3 aromatic heterocycles. The molecule has 0 aliphatic heterocycles. The highest BCUT2D eigenvalue weighted by Gasteiger charge is 2.19. The zero-order chi connectivity index (χ0) is 21.9. The summed E-state index contributed by atoms with van der Waals surface area (Å²) in [5, 5.41) is 2.83. The summed E-state index contributed by atoms with van der Waals surface area (Å²) in [5.41, 5.74) is 8.63. The van der Waals surface area contributed by atoms with Crippen LogP contribution >= 0.6 is 11.3 Å². The van der Waals surface area contributed by atoms with E-state index in [1.807, 2.05) is 20.8 Å². The van der Waals surface area contributed by atoms with Crippen molar-refractivity contribution in [2.75, 3.05) is 12.3 Å². The molecule has 3 aromatic rings. The zero-order valence-corrected chi connectivity index (χ0v) is 19.5. The first-order chi connectivity index (χ1) is 14.2. The quantitative estimate of drug-likeness (QED) is 0.479. The summed E-state index contributed by atoms with van der Waals surface area (Å²) in [6, 6.07) is 2.09. The van der Waals surface area contributed by atoms with Gasteiger partial charge in [0.15, 0.2) is 5.82 Å². The van der Waals surface area contributed by atoms with E-state index in [4.69, 9.17) is 15.5 Å². The summed E-state index contributed by atoms with van der Waals surface area (Å²) in [5.74, 6) is 1.57. The number of thiophene rings is 1.